The van der Waals surface area contributed by atoms with E-state index in [9.17, 15) is 21.6 Å². The van der Waals surface area contributed by atoms with Gasteiger partial charge in [-0.2, -0.15) is 17.5 Å². The summed E-state index contributed by atoms with van der Waals surface area (Å²) in [5.74, 6) is 0.165. The number of thiophene rings is 1. The second kappa shape index (κ2) is 5.77. The van der Waals surface area contributed by atoms with Crippen LogP contribution < -0.4 is 0 Å². The van der Waals surface area contributed by atoms with Crippen molar-refractivity contribution in [2.24, 2.45) is 0 Å². The highest BCUT2D eigenvalue weighted by atomic mass is 35.5. The van der Waals surface area contributed by atoms with E-state index in [1.54, 1.807) is 5.38 Å². The number of hydrogen-bond donors (Lipinski definition) is 0. The third-order valence-corrected chi connectivity index (χ3v) is 5.79. The van der Waals surface area contributed by atoms with E-state index in [0.29, 0.717) is 9.87 Å². The zero-order valence-corrected chi connectivity index (χ0v) is 11.8. The average molecular weight is 322 g/mol. The lowest BCUT2D eigenvalue weighted by molar-refractivity contribution is -0.135. The van der Waals surface area contributed by atoms with Crippen LogP contribution in [0.25, 0.3) is 0 Å². The van der Waals surface area contributed by atoms with Crippen LogP contribution in [-0.2, 0) is 15.9 Å². The topological polar surface area (TPSA) is 37.4 Å². The molecule has 0 aromatic carbocycles. The van der Waals surface area contributed by atoms with E-state index < -0.39 is 29.2 Å². The lowest BCUT2D eigenvalue weighted by Crippen LogP contribution is -2.30. The van der Waals surface area contributed by atoms with Gasteiger partial charge in [0, 0.05) is 19.5 Å². The quantitative estimate of drug-likeness (QED) is 0.782. The summed E-state index contributed by atoms with van der Waals surface area (Å²) in [6.07, 6.45) is -5.54. The Morgan fingerprint density at radius 1 is 1.44 bits per heavy atom. The van der Waals surface area contributed by atoms with E-state index in [0.717, 1.165) is 18.4 Å². The summed E-state index contributed by atoms with van der Waals surface area (Å²) in [4.78, 5) is 0. The van der Waals surface area contributed by atoms with Gasteiger partial charge >= 0.3 is 6.18 Å². The van der Waals surface area contributed by atoms with Crippen molar-refractivity contribution >= 4 is 33.0 Å². The summed E-state index contributed by atoms with van der Waals surface area (Å²) in [6.45, 7) is -0.597. The molecule has 0 aliphatic rings. The van der Waals surface area contributed by atoms with Crippen molar-refractivity contribution in [1.29, 1.82) is 0 Å². The van der Waals surface area contributed by atoms with E-state index in [2.05, 4.69) is 0 Å². The van der Waals surface area contributed by atoms with Gasteiger partial charge in [-0.05, 0) is 17.0 Å². The van der Waals surface area contributed by atoms with E-state index in [1.165, 1.54) is 6.07 Å². The molecule has 0 spiro atoms. The van der Waals surface area contributed by atoms with Crippen molar-refractivity contribution in [3.05, 3.63) is 17.0 Å². The summed E-state index contributed by atoms with van der Waals surface area (Å²) < 4.78 is 60.6. The van der Waals surface area contributed by atoms with Gasteiger partial charge in [0.25, 0.3) is 10.0 Å². The largest absolute Gasteiger partial charge is 0.390 e. The molecule has 0 radical (unpaired) electrons. The molecule has 18 heavy (non-hydrogen) atoms. The molecule has 0 amide bonds. The number of alkyl halides is 4. The number of rotatable bonds is 5. The smallest absolute Gasteiger partial charge is 0.206 e. The summed E-state index contributed by atoms with van der Waals surface area (Å²) in [5, 5.41) is 1.57. The van der Waals surface area contributed by atoms with Gasteiger partial charge in [-0.3, -0.25) is 0 Å². The Balaban J connectivity index is 2.80. The number of hydrogen-bond acceptors (Lipinski definition) is 3. The van der Waals surface area contributed by atoms with Crippen LogP contribution in [0.5, 0.6) is 0 Å². The molecule has 1 aromatic heterocycles. The monoisotopic (exact) mass is 321 g/mol. The maximum absolute atomic E-state index is 12.0. The number of nitrogens with zero attached hydrogens (tertiary/aromatic N) is 1. The molecule has 0 saturated carbocycles. The standard InChI is InChI=1S/C9H11ClF3NO2S2/c1-14(3-2-9(11,12)13)18(15,16)8-4-7(5-10)6-17-8/h4,6H,2-3,5H2,1H3. The second-order valence-corrected chi connectivity index (χ2v) is 7.05. The number of halogens is 4. The van der Waals surface area contributed by atoms with Crippen LogP contribution in [0.3, 0.4) is 0 Å². The summed E-state index contributed by atoms with van der Waals surface area (Å²) in [6, 6.07) is 1.37. The van der Waals surface area contributed by atoms with Gasteiger partial charge in [-0.25, -0.2) is 8.42 Å². The maximum atomic E-state index is 12.0. The zero-order chi connectivity index (χ0) is 14.0. The minimum absolute atomic E-state index is 0.00262. The molecule has 0 aliphatic heterocycles. The van der Waals surface area contributed by atoms with Crippen LogP contribution in [0, 0.1) is 0 Å². The van der Waals surface area contributed by atoms with Gasteiger partial charge in [0.05, 0.1) is 6.42 Å². The summed E-state index contributed by atoms with van der Waals surface area (Å²) in [5.41, 5.74) is 0.629. The van der Waals surface area contributed by atoms with E-state index in [4.69, 9.17) is 11.6 Å². The molecule has 0 aliphatic carbocycles. The highest BCUT2D eigenvalue weighted by molar-refractivity contribution is 7.91. The van der Waals surface area contributed by atoms with Crippen molar-refractivity contribution in [3.8, 4) is 0 Å². The molecule has 1 heterocycles. The zero-order valence-electron chi connectivity index (χ0n) is 9.37. The molecule has 0 atom stereocenters. The van der Waals surface area contributed by atoms with Crippen LogP contribution in [0.1, 0.15) is 12.0 Å². The molecule has 0 fully saturated rings. The molecule has 0 N–H and O–H groups in total. The van der Waals surface area contributed by atoms with E-state index >= 15 is 0 Å². The highest BCUT2D eigenvalue weighted by Crippen LogP contribution is 2.26. The predicted molar refractivity (Wildman–Crippen MR) is 64.4 cm³/mol. The lowest BCUT2D eigenvalue weighted by Gasteiger charge is -2.16. The molecule has 0 unspecified atom stereocenters. The van der Waals surface area contributed by atoms with Crippen molar-refractivity contribution in [2.75, 3.05) is 13.6 Å². The first-order valence-electron chi connectivity index (χ1n) is 4.83. The van der Waals surface area contributed by atoms with Crippen LogP contribution in [0.4, 0.5) is 13.2 Å². The van der Waals surface area contributed by atoms with Crippen molar-refractivity contribution < 1.29 is 21.6 Å². The SMILES string of the molecule is CN(CCC(F)(F)F)S(=O)(=O)c1cc(CCl)cs1. The third kappa shape index (κ3) is 4.11. The highest BCUT2D eigenvalue weighted by Gasteiger charge is 2.30. The first kappa shape index (κ1) is 15.7. The van der Waals surface area contributed by atoms with Crippen molar-refractivity contribution in [3.63, 3.8) is 0 Å². The fourth-order valence-corrected chi connectivity index (χ4v) is 3.95. The Morgan fingerprint density at radius 2 is 2.06 bits per heavy atom. The molecule has 0 bridgehead atoms. The van der Waals surface area contributed by atoms with E-state index in [-0.39, 0.29) is 10.1 Å². The van der Waals surface area contributed by atoms with Crippen LogP contribution >= 0.6 is 22.9 Å². The molecule has 1 rings (SSSR count). The maximum Gasteiger partial charge on any atom is 0.390 e. The minimum atomic E-state index is -4.37. The first-order chi connectivity index (χ1) is 8.16. The van der Waals surface area contributed by atoms with Crippen LogP contribution in [-0.4, -0.2) is 32.5 Å². The normalized spacial score (nSPS) is 13.2. The first-order valence-corrected chi connectivity index (χ1v) is 7.68. The fourth-order valence-electron chi connectivity index (χ4n) is 1.12. The molecule has 9 heteroatoms. The minimum Gasteiger partial charge on any atom is -0.206 e. The summed E-state index contributed by atoms with van der Waals surface area (Å²) >= 11 is 6.49. The van der Waals surface area contributed by atoms with Gasteiger partial charge in [0.15, 0.2) is 0 Å². The molecular weight excluding hydrogens is 311 g/mol. The van der Waals surface area contributed by atoms with Crippen LogP contribution in [0.2, 0.25) is 0 Å². The predicted octanol–water partition coefficient (Wildman–Crippen LogP) is 3.06. The van der Waals surface area contributed by atoms with Gasteiger partial charge in [-0.1, -0.05) is 0 Å². The van der Waals surface area contributed by atoms with Crippen molar-refractivity contribution in [1.82, 2.24) is 4.31 Å². The summed E-state index contributed by atoms with van der Waals surface area (Å²) in [7, 11) is -2.73. The average Bonchev–Trinajstić information content (AvgIpc) is 2.73. The van der Waals surface area contributed by atoms with Gasteiger partial charge in [0.2, 0.25) is 0 Å². The Kier molecular flexibility index (Phi) is 5.05. The Hall–Kier alpha value is -0.310. The molecule has 1 aromatic rings. The van der Waals surface area contributed by atoms with Crippen LogP contribution in [0.15, 0.2) is 15.7 Å². The van der Waals surface area contributed by atoms with Gasteiger partial charge in [-0.15, -0.1) is 22.9 Å². The second-order valence-electron chi connectivity index (χ2n) is 3.60. The fraction of sp³-hybridized carbons (Fsp3) is 0.556. The Morgan fingerprint density at radius 3 is 2.50 bits per heavy atom. The third-order valence-electron chi connectivity index (χ3n) is 2.16. The van der Waals surface area contributed by atoms with Gasteiger partial charge < -0.3 is 0 Å². The number of sulfonamides is 1. The van der Waals surface area contributed by atoms with E-state index in [1.807, 2.05) is 0 Å². The molecule has 104 valence electrons. The Bertz CT molecular complexity index is 498. The van der Waals surface area contributed by atoms with Gasteiger partial charge in [0.1, 0.15) is 4.21 Å². The lowest BCUT2D eigenvalue weighted by atomic mass is 10.4. The Labute approximate surface area is 112 Å². The molecule has 3 nitrogen and oxygen atoms in total. The van der Waals surface area contributed by atoms with Crippen molar-refractivity contribution in [2.45, 2.75) is 22.7 Å². The molecule has 0 saturated heterocycles. The molecular formula is C9H11ClF3NO2S2.